The first-order chi connectivity index (χ1) is 9.40. The van der Waals surface area contributed by atoms with Crippen molar-refractivity contribution in [1.82, 2.24) is 5.32 Å². The monoisotopic (exact) mass is 342 g/mol. The second-order valence-electron chi connectivity index (χ2n) is 5.13. The summed E-state index contributed by atoms with van der Waals surface area (Å²) in [6.45, 7) is 4.00. The molecule has 2 amide bonds. The van der Waals surface area contributed by atoms with E-state index in [-0.39, 0.29) is 30.7 Å². The molecule has 2 rings (SSSR count). The van der Waals surface area contributed by atoms with Gasteiger partial charge in [-0.15, -0.1) is 0 Å². The minimum Gasteiger partial charge on any atom is -0.344 e. The molecule has 0 aromatic heterocycles. The molecule has 1 fully saturated rings. The predicted molar refractivity (Wildman–Crippen MR) is 77.8 cm³/mol. The lowest BCUT2D eigenvalue weighted by Crippen LogP contribution is -2.47. The van der Waals surface area contributed by atoms with Gasteiger partial charge in [-0.1, -0.05) is 13.8 Å². The lowest BCUT2D eigenvalue weighted by atomic mass is 10.0. The Morgan fingerprint density at radius 3 is 2.70 bits per heavy atom. The van der Waals surface area contributed by atoms with Crippen LogP contribution >= 0.6 is 15.9 Å². The number of hydrogen-bond acceptors (Lipinski definition) is 2. The summed E-state index contributed by atoms with van der Waals surface area (Å²) in [5, 5.41) is 2.72. The highest BCUT2D eigenvalue weighted by Crippen LogP contribution is 2.24. The highest BCUT2D eigenvalue weighted by atomic mass is 79.9. The molecule has 1 saturated heterocycles. The number of anilines is 1. The number of amides is 2. The van der Waals surface area contributed by atoms with Gasteiger partial charge < -0.3 is 10.2 Å². The van der Waals surface area contributed by atoms with Gasteiger partial charge in [0.05, 0.1) is 4.47 Å². The van der Waals surface area contributed by atoms with Crippen molar-refractivity contribution in [3.05, 3.63) is 28.5 Å². The molecule has 1 aliphatic rings. The van der Waals surface area contributed by atoms with Gasteiger partial charge in [0.1, 0.15) is 11.9 Å². The van der Waals surface area contributed by atoms with E-state index in [9.17, 15) is 14.0 Å². The molecular weight excluding hydrogens is 327 g/mol. The maximum Gasteiger partial charge on any atom is 0.249 e. The van der Waals surface area contributed by atoms with Gasteiger partial charge in [-0.25, -0.2) is 4.39 Å². The van der Waals surface area contributed by atoms with Gasteiger partial charge in [-0.2, -0.15) is 0 Å². The second-order valence-corrected chi connectivity index (χ2v) is 5.98. The largest absolute Gasteiger partial charge is 0.344 e. The average Bonchev–Trinajstić information content (AvgIpc) is 2.53. The normalized spacial score (nSPS) is 20.1. The van der Waals surface area contributed by atoms with E-state index in [0.29, 0.717) is 10.2 Å². The summed E-state index contributed by atoms with van der Waals surface area (Å²) in [4.78, 5) is 25.6. The molecule has 1 aromatic carbocycles. The molecule has 1 heterocycles. The zero-order valence-electron chi connectivity index (χ0n) is 11.3. The van der Waals surface area contributed by atoms with Crippen LogP contribution in [0.1, 0.15) is 20.3 Å². The van der Waals surface area contributed by atoms with Crippen LogP contribution in [0.4, 0.5) is 10.1 Å². The van der Waals surface area contributed by atoms with Crippen molar-refractivity contribution in [3.8, 4) is 0 Å². The van der Waals surface area contributed by atoms with Crippen molar-refractivity contribution in [2.45, 2.75) is 26.3 Å². The molecule has 0 spiro atoms. The van der Waals surface area contributed by atoms with E-state index in [2.05, 4.69) is 21.2 Å². The molecule has 1 unspecified atom stereocenters. The summed E-state index contributed by atoms with van der Waals surface area (Å²) in [5.41, 5.74) is 0.470. The fourth-order valence-electron chi connectivity index (χ4n) is 2.16. The van der Waals surface area contributed by atoms with E-state index in [1.54, 1.807) is 12.1 Å². The maximum absolute atomic E-state index is 13.6. The van der Waals surface area contributed by atoms with Crippen LogP contribution in [-0.2, 0) is 9.59 Å². The van der Waals surface area contributed by atoms with Gasteiger partial charge in [-0.05, 0) is 40.0 Å². The molecule has 1 N–H and O–H groups in total. The Hall–Kier alpha value is -1.43. The minimum atomic E-state index is -0.572. The molecule has 0 aliphatic carbocycles. The summed E-state index contributed by atoms with van der Waals surface area (Å²) < 4.78 is 14.0. The van der Waals surface area contributed by atoms with Crippen LogP contribution in [-0.4, -0.2) is 24.4 Å². The molecular formula is C14H16BrFN2O2. The summed E-state index contributed by atoms with van der Waals surface area (Å²) >= 11 is 3.08. The third-order valence-electron chi connectivity index (χ3n) is 3.29. The Morgan fingerprint density at radius 1 is 1.40 bits per heavy atom. The Morgan fingerprint density at radius 2 is 2.10 bits per heavy atom. The van der Waals surface area contributed by atoms with Gasteiger partial charge in [0, 0.05) is 18.7 Å². The van der Waals surface area contributed by atoms with Gasteiger partial charge in [0.25, 0.3) is 0 Å². The van der Waals surface area contributed by atoms with Crippen molar-refractivity contribution < 1.29 is 14.0 Å². The van der Waals surface area contributed by atoms with Crippen molar-refractivity contribution in [3.63, 3.8) is 0 Å². The third-order valence-corrected chi connectivity index (χ3v) is 3.94. The van der Waals surface area contributed by atoms with Crippen LogP contribution < -0.4 is 10.2 Å². The number of halogens is 2. The number of carbonyl (C=O) groups is 2. The molecule has 0 saturated carbocycles. The Bertz CT molecular complexity index is 548. The zero-order valence-corrected chi connectivity index (χ0v) is 12.9. The topological polar surface area (TPSA) is 49.4 Å². The van der Waals surface area contributed by atoms with Gasteiger partial charge in [0.2, 0.25) is 11.8 Å². The lowest BCUT2D eigenvalue weighted by Gasteiger charge is -2.26. The van der Waals surface area contributed by atoms with Crippen LogP contribution in [0.25, 0.3) is 0 Å². The first-order valence-corrected chi connectivity index (χ1v) is 7.25. The van der Waals surface area contributed by atoms with Crippen molar-refractivity contribution >= 4 is 33.4 Å². The minimum absolute atomic E-state index is 0.0210. The fourth-order valence-corrected chi connectivity index (χ4v) is 2.41. The van der Waals surface area contributed by atoms with E-state index >= 15 is 0 Å². The quantitative estimate of drug-likeness (QED) is 0.897. The summed E-state index contributed by atoms with van der Waals surface area (Å²) in [6.07, 6.45) is 0.215. The number of carbonyl (C=O) groups excluding carboxylic acids is 2. The fraction of sp³-hybridized carbons (Fsp3) is 0.429. The molecule has 6 heteroatoms. The standard InChI is InChI=1S/C14H16BrFN2O2/c1-8(2)13-14(20)18(6-5-12(19)17-13)9-3-4-10(15)11(16)7-9/h3-4,7-8,13H,5-6H2,1-2H3,(H,17,19). The maximum atomic E-state index is 13.6. The molecule has 1 aliphatic heterocycles. The number of benzene rings is 1. The smallest absolute Gasteiger partial charge is 0.249 e. The molecule has 1 aromatic rings. The summed E-state index contributed by atoms with van der Waals surface area (Å²) in [6, 6.07) is 3.95. The van der Waals surface area contributed by atoms with Crippen LogP contribution in [0.15, 0.2) is 22.7 Å². The van der Waals surface area contributed by atoms with Gasteiger partial charge >= 0.3 is 0 Å². The zero-order chi connectivity index (χ0) is 14.9. The Kier molecular flexibility index (Phi) is 4.42. The van der Waals surface area contributed by atoms with Crippen LogP contribution in [0, 0.1) is 11.7 Å². The third kappa shape index (κ3) is 3.00. The first kappa shape index (κ1) is 15.0. The predicted octanol–water partition coefficient (Wildman–Crippen LogP) is 2.47. The van der Waals surface area contributed by atoms with E-state index in [4.69, 9.17) is 0 Å². The van der Waals surface area contributed by atoms with Crippen LogP contribution in [0.3, 0.4) is 0 Å². The highest BCUT2D eigenvalue weighted by Gasteiger charge is 2.32. The molecule has 4 nitrogen and oxygen atoms in total. The summed E-state index contributed by atoms with van der Waals surface area (Å²) in [7, 11) is 0. The lowest BCUT2D eigenvalue weighted by molar-refractivity contribution is -0.126. The summed E-state index contributed by atoms with van der Waals surface area (Å²) in [5.74, 6) is -0.808. The Labute approximate surface area is 125 Å². The van der Waals surface area contributed by atoms with Gasteiger partial charge in [0.15, 0.2) is 0 Å². The van der Waals surface area contributed by atoms with E-state index < -0.39 is 11.9 Å². The molecule has 20 heavy (non-hydrogen) atoms. The van der Waals surface area contributed by atoms with E-state index in [0.717, 1.165) is 0 Å². The molecule has 108 valence electrons. The van der Waals surface area contributed by atoms with E-state index in [1.807, 2.05) is 13.8 Å². The second kappa shape index (κ2) is 5.91. The number of nitrogens with zero attached hydrogens (tertiary/aromatic N) is 1. The van der Waals surface area contributed by atoms with Crippen molar-refractivity contribution in [1.29, 1.82) is 0 Å². The number of rotatable bonds is 2. The van der Waals surface area contributed by atoms with Crippen LogP contribution in [0.2, 0.25) is 0 Å². The SMILES string of the molecule is CC(C)C1NC(=O)CCN(c2ccc(Br)c(F)c2)C1=O. The molecule has 0 bridgehead atoms. The van der Waals surface area contributed by atoms with Crippen molar-refractivity contribution in [2.24, 2.45) is 5.92 Å². The average molecular weight is 343 g/mol. The van der Waals surface area contributed by atoms with Crippen LogP contribution in [0.5, 0.6) is 0 Å². The Balaban J connectivity index is 2.35. The first-order valence-electron chi connectivity index (χ1n) is 6.46. The molecule has 0 radical (unpaired) electrons. The van der Waals surface area contributed by atoms with E-state index in [1.165, 1.54) is 11.0 Å². The molecule has 1 atom stereocenters. The number of hydrogen-bond donors (Lipinski definition) is 1. The van der Waals surface area contributed by atoms with Gasteiger partial charge in [-0.3, -0.25) is 9.59 Å². The highest BCUT2D eigenvalue weighted by molar-refractivity contribution is 9.10. The number of nitrogens with one attached hydrogen (secondary N) is 1. The van der Waals surface area contributed by atoms with Crippen molar-refractivity contribution in [2.75, 3.05) is 11.4 Å².